The molecule has 4 heteroatoms. The van der Waals surface area contributed by atoms with Crippen LogP contribution in [0.5, 0.6) is 5.75 Å². The summed E-state index contributed by atoms with van der Waals surface area (Å²) in [4.78, 5) is 0.0893. The number of hydrogen-bond acceptors (Lipinski definition) is 1. The molecule has 0 aliphatic carbocycles. The van der Waals surface area contributed by atoms with Gasteiger partial charge in [0.1, 0.15) is 5.75 Å². The summed E-state index contributed by atoms with van der Waals surface area (Å²) < 4.78 is 6.22. The maximum atomic E-state index is 6.08. The molecule has 0 heterocycles. The molecule has 0 bridgehead atoms. The van der Waals surface area contributed by atoms with E-state index in [9.17, 15) is 0 Å². The Balaban J connectivity index is 2.43. The third-order valence-corrected chi connectivity index (χ3v) is 4.90. The number of methoxy groups -OCH3 is 1. The first-order valence-electron chi connectivity index (χ1n) is 5.76. The van der Waals surface area contributed by atoms with E-state index in [0.29, 0.717) is 0 Å². The van der Waals surface area contributed by atoms with Crippen LogP contribution >= 0.6 is 43.5 Å². The molecular formula is C15H13Br2ClO. The number of rotatable bonds is 3. The monoisotopic (exact) mass is 402 g/mol. The maximum Gasteiger partial charge on any atom is 0.120 e. The average molecular weight is 405 g/mol. The Bertz CT molecular complexity index is 599. The molecule has 0 aromatic heterocycles. The van der Waals surface area contributed by atoms with Gasteiger partial charge < -0.3 is 4.74 Å². The van der Waals surface area contributed by atoms with Crippen molar-refractivity contribution in [1.29, 1.82) is 0 Å². The molecule has 19 heavy (non-hydrogen) atoms. The Labute approximate surface area is 135 Å². The SMILES string of the molecule is COc1ccc(C(Br)c2cc(Cl)ccc2C)c(Br)c1. The van der Waals surface area contributed by atoms with Crippen molar-refractivity contribution >= 4 is 43.5 Å². The van der Waals surface area contributed by atoms with Crippen LogP contribution in [0.2, 0.25) is 5.02 Å². The fraction of sp³-hybridized carbons (Fsp3) is 0.200. The standard InChI is InChI=1S/C15H13Br2ClO/c1-9-3-4-10(18)7-13(9)15(17)12-6-5-11(19-2)8-14(12)16/h3-8,15H,1-2H3. The fourth-order valence-electron chi connectivity index (χ4n) is 1.89. The van der Waals surface area contributed by atoms with Crippen molar-refractivity contribution < 1.29 is 4.74 Å². The summed E-state index contributed by atoms with van der Waals surface area (Å²) in [6.07, 6.45) is 0. The van der Waals surface area contributed by atoms with Crippen LogP contribution in [0, 0.1) is 6.92 Å². The quantitative estimate of drug-likeness (QED) is 0.579. The van der Waals surface area contributed by atoms with E-state index >= 15 is 0 Å². The van der Waals surface area contributed by atoms with Crippen LogP contribution in [0.3, 0.4) is 0 Å². The van der Waals surface area contributed by atoms with Gasteiger partial charge in [-0.25, -0.2) is 0 Å². The van der Waals surface area contributed by atoms with Gasteiger partial charge in [0.2, 0.25) is 0 Å². The Hall–Kier alpha value is -0.510. The second-order valence-electron chi connectivity index (χ2n) is 4.25. The topological polar surface area (TPSA) is 9.23 Å². The molecule has 0 aliphatic heterocycles. The van der Waals surface area contributed by atoms with Crippen molar-refractivity contribution in [1.82, 2.24) is 0 Å². The Kier molecular flexibility index (Phi) is 4.93. The third-order valence-electron chi connectivity index (χ3n) is 3.00. The molecule has 0 radical (unpaired) electrons. The largest absolute Gasteiger partial charge is 0.497 e. The van der Waals surface area contributed by atoms with Gasteiger partial charge in [0.15, 0.2) is 0 Å². The molecule has 0 N–H and O–H groups in total. The molecule has 2 aromatic rings. The second kappa shape index (κ2) is 6.29. The fourth-order valence-corrected chi connectivity index (χ4v) is 3.86. The summed E-state index contributed by atoms with van der Waals surface area (Å²) in [7, 11) is 1.66. The average Bonchev–Trinajstić information content (AvgIpc) is 2.40. The zero-order valence-electron chi connectivity index (χ0n) is 10.6. The van der Waals surface area contributed by atoms with E-state index in [2.05, 4.69) is 38.8 Å². The summed E-state index contributed by atoms with van der Waals surface area (Å²) in [5, 5.41) is 0.745. The predicted octanol–water partition coefficient (Wildman–Crippen LogP) is 5.90. The number of benzene rings is 2. The number of alkyl halides is 1. The van der Waals surface area contributed by atoms with Crippen molar-refractivity contribution in [3.8, 4) is 5.75 Å². The first kappa shape index (κ1) is 14.9. The van der Waals surface area contributed by atoms with Gasteiger partial charge >= 0.3 is 0 Å². The zero-order chi connectivity index (χ0) is 14.0. The van der Waals surface area contributed by atoms with Crippen molar-refractivity contribution in [3.05, 3.63) is 62.6 Å². The normalized spacial score (nSPS) is 12.3. The Morgan fingerprint density at radius 3 is 2.47 bits per heavy atom. The lowest BCUT2D eigenvalue weighted by molar-refractivity contribution is 0.414. The molecule has 0 amide bonds. The van der Waals surface area contributed by atoms with Crippen LogP contribution in [0.15, 0.2) is 40.9 Å². The predicted molar refractivity (Wildman–Crippen MR) is 87.7 cm³/mol. The smallest absolute Gasteiger partial charge is 0.120 e. The molecule has 0 fully saturated rings. The molecule has 0 saturated heterocycles. The minimum absolute atomic E-state index is 0.0893. The number of hydrogen-bond donors (Lipinski definition) is 0. The Morgan fingerprint density at radius 1 is 1.11 bits per heavy atom. The van der Waals surface area contributed by atoms with Crippen LogP contribution in [0.25, 0.3) is 0 Å². The summed E-state index contributed by atoms with van der Waals surface area (Å²) in [6.45, 7) is 2.08. The van der Waals surface area contributed by atoms with E-state index in [-0.39, 0.29) is 4.83 Å². The van der Waals surface area contributed by atoms with E-state index in [1.165, 1.54) is 11.1 Å². The van der Waals surface area contributed by atoms with E-state index in [1.54, 1.807) is 7.11 Å². The van der Waals surface area contributed by atoms with Crippen molar-refractivity contribution in [3.63, 3.8) is 0 Å². The third kappa shape index (κ3) is 3.33. The summed E-state index contributed by atoms with van der Waals surface area (Å²) >= 11 is 13.4. The summed E-state index contributed by atoms with van der Waals surface area (Å²) in [6, 6.07) is 11.9. The van der Waals surface area contributed by atoms with E-state index in [0.717, 1.165) is 20.8 Å². The van der Waals surface area contributed by atoms with Crippen LogP contribution in [-0.2, 0) is 0 Å². The highest BCUT2D eigenvalue weighted by Gasteiger charge is 2.16. The first-order chi connectivity index (χ1) is 9.02. The lowest BCUT2D eigenvalue weighted by Gasteiger charge is -2.16. The van der Waals surface area contributed by atoms with Gasteiger partial charge in [-0.15, -0.1) is 0 Å². The van der Waals surface area contributed by atoms with E-state index in [4.69, 9.17) is 16.3 Å². The molecule has 2 aromatic carbocycles. The van der Waals surface area contributed by atoms with Crippen molar-refractivity contribution in [2.45, 2.75) is 11.8 Å². The number of halogens is 3. The van der Waals surface area contributed by atoms with Gasteiger partial charge in [-0.05, 0) is 47.9 Å². The molecule has 0 saturated carbocycles. The van der Waals surface area contributed by atoms with Gasteiger partial charge in [-0.3, -0.25) is 0 Å². The highest BCUT2D eigenvalue weighted by molar-refractivity contribution is 9.11. The van der Waals surface area contributed by atoms with Gasteiger partial charge in [0, 0.05) is 9.50 Å². The van der Waals surface area contributed by atoms with Gasteiger partial charge in [-0.1, -0.05) is 55.6 Å². The summed E-state index contributed by atoms with van der Waals surface area (Å²) in [5.41, 5.74) is 3.51. The van der Waals surface area contributed by atoms with Crippen LogP contribution in [0.4, 0.5) is 0 Å². The molecule has 0 aliphatic rings. The van der Waals surface area contributed by atoms with Gasteiger partial charge in [-0.2, -0.15) is 0 Å². The maximum absolute atomic E-state index is 6.08. The van der Waals surface area contributed by atoms with E-state index in [1.807, 2.05) is 36.4 Å². The Morgan fingerprint density at radius 2 is 1.84 bits per heavy atom. The minimum atomic E-state index is 0.0893. The number of ether oxygens (including phenoxy) is 1. The lowest BCUT2D eigenvalue weighted by Crippen LogP contribution is -1.97. The van der Waals surface area contributed by atoms with Crippen LogP contribution in [-0.4, -0.2) is 7.11 Å². The van der Waals surface area contributed by atoms with Crippen LogP contribution < -0.4 is 4.74 Å². The zero-order valence-corrected chi connectivity index (χ0v) is 14.5. The highest BCUT2D eigenvalue weighted by Crippen LogP contribution is 2.39. The lowest BCUT2D eigenvalue weighted by atomic mass is 10.0. The van der Waals surface area contributed by atoms with Gasteiger partial charge in [0.25, 0.3) is 0 Å². The molecule has 1 unspecified atom stereocenters. The molecule has 2 rings (SSSR count). The highest BCUT2D eigenvalue weighted by atomic mass is 79.9. The molecule has 100 valence electrons. The first-order valence-corrected chi connectivity index (χ1v) is 7.85. The summed E-state index contributed by atoms with van der Waals surface area (Å²) in [5.74, 6) is 0.832. The molecule has 1 atom stereocenters. The molecule has 1 nitrogen and oxygen atoms in total. The minimum Gasteiger partial charge on any atom is -0.497 e. The van der Waals surface area contributed by atoms with Crippen molar-refractivity contribution in [2.75, 3.05) is 7.11 Å². The van der Waals surface area contributed by atoms with Crippen molar-refractivity contribution in [2.24, 2.45) is 0 Å². The van der Waals surface area contributed by atoms with Crippen LogP contribution in [0.1, 0.15) is 21.5 Å². The van der Waals surface area contributed by atoms with E-state index < -0.39 is 0 Å². The van der Waals surface area contributed by atoms with Gasteiger partial charge in [0.05, 0.1) is 11.9 Å². The molecule has 0 spiro atoms. The number of aryl methyl sites for hydroxylation is 1. The molecular weight excluding hydrogens is 391 g/mol. The second-order valence-corrected chi connectivity index (χ2v) is 6.46.